The fraction of sp³-hybridized carbons (Fsp3) is 0.185. The number of hydrogen-bond donors (Lipinski definition) is 1. The van der Waals surface area contributed by atoms with Crippen LogP contribution in [-0.4, -0.2) is 54.0 Å². The van der Waals surface area contributed by atoms with E-state index < -0.39 is 0 Å². The molecule has 0 radical (unpaired) electrons. The maximum Gasteiger partial charge on any atom is 0.250 e. The summed E-state index contributed by atoms with van der Waals surface area (Å²) in [6, 6.07) is 21.1. The van der Waals surface area contributed by atoms with Crippen molar-refractivity contribution in [2.75, 3.05) is 27.1 Å². The van der Waals surface area contributed by atoms with Gasteiger partial charge in [-0.15, -0.1) is 10.2 Å². The summed E-state index contributed by atoms with van der Waals surface area (Å²) in [4.78, 5) is 12.6. The summed E-state index contributed by atoms with van der Waals surface area (Å²) in [7, 11) is 4.74. The molecule has 3 aromatic carbocycles. The number of nitrogens with zero attached hydrogens (tertiary/aromatic N) is 4. The van der Waals surface area contributed by atoms with Gasteiger partial charge in [0.2, 0.25) is 0 Å². The minimum atomic E-state index is -0.285. The zero-order chi connectivity index (χ0) is 26.2. The van der Waals surface area contributed by atoms with E-state index in [2.05, 4.69) is 20.7 Å². The first kappa shape index (κ1) is 25.8. The van der Waals surface area contributed by atoms with E-state index in [1.165, 1.54) is 18.0 Å². The third-order valence-electron chi connectivity index (χ3n) is 5.43. The number of nitrogens with one attached hydrogen (secondary N) is 1. The molecule has 37 heavy (non-hydrogen) atoms. The molecule has 0 aliphatic carbocycles. The van der Waals surface area contributed by atoms with Gasteiger partial charge < -0.3 is 14.2 Å². The second-order valence-electron chi connectivity index (χ2n) is 7.87. The van der Waals surface area contributed by atoms with Crippen molar-refractivity contribution in [3.63, 3.8) is 0 Å². The topological polar surface area (TPSA) is 99.9 Å². The first-order valence-electron chi connectivity index (χ1n) is 11.4. The van der Waals surface area contributed by atoms with Crippen molar-refractivity contribution in [2.24, 2.45) is 5.10 Å². The Hall–Kier alpha value is -4.31. The molecule has 0 unspecified atom stereocenters. The van der Waals surface area contributed by atoms with Crippen molar-refractivity contribution in [2.45, 2.75) is 12.1 Å². The lowest BCUT2D eigenvalue weighted by molar-refractivity contribution is -0.118. The maximum absolute atomic E-state index is 12.6. The molecule has 1 N–H and O–H groups in total. The molecule has 0 aliphatic heterocycles. The molecule has 1 amide bonds. The van der Waals surface area contributed by atoms with Crippen molar-refractivity contribution in [3.05, 3.63) is 77.9 Å². The summed E-state index contributed by atoms with van der Waals surface area (Å²) in [5, 5.41) is 13.4. The Morgan fingerprint density at radius 1 is 0.973 bits per heavy atom. The zero-order valence-electron chi connectivity index (χ0n) is 21.0. The maximum atomic E-state index is 12.6. The summed E-state index contributed by atoms with van der Waals surface area (Å²) >= 11 is 1.27. The van der Waals surface area contributed by atoms with Crippen LogP contribution in [0, 0.1) is 6.92 Å². The third kappa shape index (κ3) is 6.10. The predicted octanol–water partition coefficient (Wildman–Crippen LogP) is 4.51. The van der Waals surface area contributed by atoms with Crippen LogP contribution in [0.3, 0.4) is 0 Å². The van der Waals surface area contributed by atoms with Gasteiger partial charge in [-0.1, -0.05) is 35.5 Å². The molecular formula is C27H27N5O4S. The molecule has 4 aromatic rings. The summed E-state index contributed by atoms with van der Waals surface area (Å²) < 4.78 is 17.9. The number of carbonyl (C=O) groups is 1. The van der Waals surface area contributed by atoms with Crippen LogP contribution in [0.15, 0.2) is 77.0 Å². The van der Waals surface area contributed by atoms with Gasteiger partial charge in [0.25, 0.3) is 5.91 Å². The normalized spacial score (nSPS) is 10.9. The van der Waals surface area contributed by atoms with Gasteiger partial charge in [0.1, 0.15) is 5.75 Å². The number of para-hydroxylation sites is 1. The SMILES string of the molecule is COc1ccc(-c2nnc(SCC(=O)NN=Cc3cccc(OC)c3OC)n2-c2ccc(C)cc2)cc1. The first-order chi connectivity index (χ1) is 18.0. The highest BCUT2D eigenvalue weighted by molar-refractivity contribution is 7.99. The summed E-state index contributed by atoms with van der Waals surface area (Å²) in [5.74, 6) is 2.35. The van der Waals surface area contributed by atoms with Gasteiger partial charge in [-0.05, 0) is 55.5 Å². The summed E-state index contributed by atoms with van der Waals surface area (Å²) in [5.41, 5.74) is 6.14. The van der Waals surface area contributed by atoms with Gasteiger partial charge in [0.15, 0.2) is 22.5 Å². The molecule has 0 aliphatic rings. The average Bonchev–Trinajstić information content (AvgIpc) is 3.36. The lowest BCUT2D eigenvalue weighted by atomic mass is 10.2. The molecule has 0 atom stereocenters. The number of thioether (sulfide) groups is 1. The number of carbonyl (C=O) groups excluding carboxylic acids is 1. The van der Waals surface area contributed by atoms with Crippen LogP contribution in [0.2, 0.25) is 0 Å². The van der Waals surface area contributed by atoms with E-state index in [4.69, 9.17) is 14.2 Å². The second kappa shape index (κ2) is 12.1. The molecule has 190 valence electrons. The third-order valence-corrected chi connectivity index (χ3v) is 6.36. The van der Waals surface area contributed by atoms with Crippen LogP contribution < -0.4 is 19.6 Å². The Bertz CT molecular complexity index is 1390. The van der Waals surface area contributed by atoms with Crippen molar-refractivity contribution in [1.82, 2.24) is 20.2 Å². The largest absolute Gasteiger partial charge is 0.497 e. The number of hydrazone groups is 1. The Labute approximate surface area is 219 Å². The minimum Gasteiger partial charge on any atom is -0.497 e. The highest BCUT2D eigenvalue weighted by atomic mass is 32.2. The van der Waals surface area contributed by atoms with E-state index in [0.29, 0.717) is 28.0 Å². The standard InChI is InChI=1S/C27H27N5O4S/c1-18-8-12-21(13-9-18)32-26(19-10-14-22(34-2)15-11-19)30-31-27(32)37-17-24(33)29-28-16-20-6-5-7-23(35-3)25(20)36-4/h5-16H,17H2,1-4H3,(H,29,33). The molecule has 1 aromatic heterocycles. The quantitative estimate of drug-likeness (QED) is 0.188. The molecular weight excluding hydrogens is 490 g/mol. The molecule has 0 spiro atoms. The average molecular weight is 518 g/mol. The Kier molecular flexibility index (Phi) is 8.42. The molecule has 0 fully saturated rings. The molecule has 9 nitrogen and oxygen atoms in total. The number of amides is 1. The summed E-state index contributed by atoms with van der Waals surface area (Å²) in [6.45, 7) is 2.03. The molecule has 0 saturated heterocycles. The zero-order valence-corrected chi connectivity index (χ0v) is 21.8. The van der Waals surface area contributed by atoms with Crippen molar-refractivity contribution >= 4 is 23.9 Å². The highest BCUT2D eigenvalue weighted by Crippen LogP contribution is 2.30. The van der Waals surface area contributed by atoms with Crippen LogP contribution in [0.5, 0.6) is 17.2 Å². The van der Waals surface area contributed by atoms with Crippen molar-refractivity contribution in [1.29, 1.82) is 0 Å². The monoisotopic (exact) mass is 517 g/mol. The van der Waals surface area contributed by atoms with E-state index >= 15 is 0 Å². The van der Waals surface area contributed by atoms with E-state index in [9.17, 15) is 4.79 Å². The number of methoxy groups -OCH3 is 3. The molecule has 0 saturated carbocycles. The Morgan fingerprint density at radius 3 is 2.41 bits per heavy atom. The molecule has 4 rings (SSSR count). The smallest absolute Gasteiger partial charge is 0.250 e. The Morgan fingerprint density at radius 2 is 1.73 bits per heavy atom. The van der Waals surface area contributed by atoms with Crippen LogP contribution in [0.4, 0.5) is 0 Å². The number of aromatic nitrogens is 3. The highest BCUT2D eigenvalue weighted by Gasteiger charge is 2.17. The second-order valence-corrected chi connectivity index (χ2v) is 8.81. The number of ether oxygens (including phenoxy) is 3. The fourth-order valence-electron chi connectivity index (χ4n) is 3.57. The number of hydrogen-bond acceptors (Lipinski definition) is 8. The number of aryl methyl sites for hydroxylation is 1. The van der Waals surface area contributed by atoms with E-state index in [1.54, 1.807) is 27.4 Å². The van der Waals surface area contributed by atoms with Crippen molar-refractivity contribution < 1.29 is 19.0 Å². The van der Waals surface area contributed by atoms with Crippen molar-refractivity contribution in [3.8, 4) is 34.3 Å². The number of rotatable bonds is 10. The molecule has 0 bridgehead atoms. The predicted molar refractivity (Wildman–Crippen MR) is 144 cm³/mol. The molecule has 10 heteroatoms. The van der Waals surface area contributed by atoms with Crippen LogP contribution in [0.25, 0.3) is 17.1 Å². The van der Waals surface area contributed by atoms with Gasteiger partial charge in [0.05, 0.1) is 33.3 Å². The Balaban J connectivity index is 1.51. The van der Waals surface area contributed by atoms with Gasteiger partial charge >= 0.3 is 0 Å². The lowest BCUT2D eigenvalue weighted by Crippen LogP contribution is -2.20. The van der Waals surface area contributed by atoms with Gasteiger partial charge in [0, 0.05) is 16.8 Å². The van der Waals surface area contributed by atoms with E-state index in [-0.39, 0.29) is 11.7 Å². The van der Waals surface area contributed by atoms with E-state index in [0.717, 1.165) is 22.6 Å². The van der Waals surface area contributed by atoms with Gasteiger partial charge in [-0.3, -0.25) is 9.36 Å². The lowest BCUT2D eigenvalue weighted by Gasteiger charge is -2.11. The fourth-order valence-corrected chi connectivity index (χ4v) is 4.31. The van der Waals surface area contributed by atoms with Crippen LogP contribution >= 0.6 is 11.8 Å². The first-order valence-corrected chi connectivity index (χ1v) is 12.3. The van der Waals surface area contributed by atoms with Gasteiger partial charge in [-0.2, -0.15) is 5.10 Å². The molecule has 1 heterocycles. The van der Waals surface area contributed by atoms with E-state index in [1.807, 2.05) is 72.2 Å². The number of benzene rings is 3. The minimum absolute atomic E-state index is 0.0964. The van der Waals surface area contributed by atoms with Crippen LogP contribution in [0.1, 0.15) is 11.1 Å². The van der Waals surface area contributed by atoms with Gasteiger partial charge in [-0.25, -0.2) is 5.43 Å². The van der Waals surface area contributed by atoms with Crippen LogP contribution in [-0.2, 0) is 4.79 Å². The summed E-state index contributed by atoms with van der Waals surface area (Å²) in [6.07, 6.45) is 1.51.